The van der Waals surface area contributed by atoms with Crippen LogP contribution < -0.4 is 14.8 Å². The van der Waals surface area contributed by atoms with Crippen LogP contribution in [0.15, 0.2) is 59.0 Å². The van der Waals surface area contributed by atoms with E-state index < -0.39 is 10.0 Å². The third-order valence-electron chi connectivity index (χ3n) is 5.27. The fourth-order valence-electron chi connectivity index (χ4n) is 3.48. The lowest BCUT2D eigenvalue weighted by Gasteiger charge is -2.14. The molecule has 166 valence electrons. The van der Waals surface area contributed by atoms with Gasteiger partial charge in [-0.25, -0.2) is 8.42 Å². The average Bonchev–Trinajstić information content (AvgIpc) is 2.75. The van der Waals surface area contributed by atoms with Crippen molar-refractivity contribution >= 4 is 21.6 Å². The molecular formula is C24H30N2O4S. The van der Waals surface area contributed by atoms with Gasteiger partial charge >= 0.3 is 0 Å². The van der Waals surface area contributed by atoms with Gasteiger partial charge in [0.15, 0.2) is 6.61 Å². The van der Waals surface area contributed by atoms with Crippen molar-refractivity contribution in [3.63, 3.8) is 0 Å². The number of ether oxygens (including phenoxy) is 1. The highest BCUT2D eigenvalue weighted by atomic mass is 32.2. The van der Waals surface area contributed by atoms with Gasteiger partial charge < -0.3 is 10.1 Å². The lowest BCUT2D eigenvalue weighted by atomic mass is 9.97. The van der Waals surface area contributed by atoms with Crippen molar-refractivity contribution in [3.05, 3.63) is 65.2 Å². The summed E-state index contributed by atoms with van der Waals surface area (Å²) in [6, 6.07) is 11.7. The molecule has 1 amide bonds. The zero-order valence-electron chi connectivity index (χ0n) is 18.1. The number of sulfonamides is 1. The first-order valence-corrected chi connectivity index (χ1v) is 12.1. The Labute approximate surface area is 184 Å². The van der Waals surface area contributed by atoms with Crippen LogP contribution >= 0.6 is 0 Å². The van der Waals surface area contributed by atoms with E-state index >= 15 is 0 Å². The fourth-order valence-corrected chi connectivity index (χ4v) is 4.62. The van der Waals surface area contributed by atoms with Gasteiger partial charge in [0, 0.05) is 12.2 Å². The monoisotopic (exact) mass is 442 g/mol. The average molecular weight is 443 g/mol. The van der Waals surface area contributed by atoms with Crippen LogP contribution in [0, 0.1) is 13.8 Å². The van der Waals surface area contributed by atoms with E-state index in [0.29, 0.717) is 23.5 Å². The molecule has 1 aliphatic carbocycles. The molecule has 0 radical (unpaired) electrons. The summed E-state index contributed by atoms with van der Waals surface area (Å²) in [6.07, 6.45) is 7.90. The Bertz CT molecular complexity index is 1040. The van der Waals surface area contributed by atoms with Gasteiger partial charge in [0.1, 0.15) is 5.75 Å². The molecule has 0 aromatic heterocycles. The molecule has 2 aromatic carbocycles. The van der Waals surface area contributed by atoms with Crippen molar-refractivity contribution in [1.29, 1.82) is 0 Å². The Morgan fingerprint density at radius 3 is 2.52 bits per heavy atom. The molecule has 0 saturated carbocycles. The van der Waals surface area contributed by atoms with E-state index in [0.717, 1.165) is 24.8 Å². The Hall–Kier alpha value is -2.80. The summed E-state index contributed by atoms with van der Waals surface area (Å²) in [5.41, 5.74) is 3.62. The van der Waals surface area contributed by atoms with E-state index in [9.17, 15) is 13.2 Å². The van der Waals surface area contributed by atoms with Crippen LogP contribution in [-0.2, 0) is 14.8 Å². The maximum absolute atomic E-state index is 12.6. The lowest BCUT2D eigenvalue weighted by molar-refractivity contribution is -0.123. The SMILES string of the molecule is Cc1ccc(NS(=O)(=O)c2ccc(OCC(=O)NCCC3=CCCCC3)c(C)c2)cc1. The summed E-state index contributed by atoms with van der Waals surface area (Å²) in [4.78, 5) is 12.2. The van der Waals surface area contributed by atoms with E-state index in [1.807, 2.05) is 19.1 Å². The summed E-state index contributed by atoms with van der Waals surface area (Å²) in [5, 5.41) is 2.88. The molecule has 0 fully saturated rings. The maximum atomic E-state index is 12.6. The minimum Gasteiger partial charge on any atom is -0.484 e. The Kier molecular flexibility index (Phi) is 7.74. The molecule has 6 nitrogen and oxygen atoms in total. The highest BCUT2D eigenvalue weighted by Gasteiger charge is 2.16. The number of amides is 1. The van der Waals surface area contributed by atoms with Gasteiger partial charge in [-0.1, -0.05) is 29.3 Å². The number of anilines is 1. The van der Waals surface area contributed by atoms with Crippen LogP contribution in [0.5, 0.6) is 5.75 Å². The van der Waals surface area contributed by atoms with Crippen LogP contribution in [0.2, 0.25) is 0 Å². The normalized spacial score (nSPS) is 13.9. The van der Waals surface area contributed by atoms with Gasteiger partial charge in [-0.3, -0.25) is 9.52 Å². The number of benzene rings is 2. The van der Waals surface area contributed by atoms with Gasteiger partial charge in [0.25, 0.3) is 15.9 Å². The van der Waals surface area contributed by atoms with Crippen LogP contribution in [0.25, 0.3) is 0 Å². The first-order chi connectivity index (χ1) is 14.8. The number of carbonyl (C=O) groups is 1. The minimum atomic E-state index is -3.71. The number of rotatable bonds is 9. The Morgan fingerprint density at radius 2 is 1.84 bits per heavy atom. The molecule has 0 spiro atoms. The summed E-state index contributed by atoms with van der Waals surface area (Å²) in [5.74, 6) is 0.299. The van der Waals surface area contributed by atoms with Crippen molar-refractivity contribution in [2.75, 3.05) is 17.9 Å². The highest BCUT2D eigenvalue weighted by molar-refractivity contribution is 7.92. The fraction of sp³-hybridized carbons (Fsp3) is 0.375. The van der Waals surface area contributed by atoms with Crippen molar-refractivity contribution in [2.45, 2.75) is 50.8 Å². The molecule has 1 aliphatic rings. The Morgan fingerprint density at radius 1 is 1.06 bits per heavy atom. The van der Waals surface area contributed by atoms with Crippen molar-refractivity contribution < 1.29 is 17.9 Å². The van der Waals surface area contributed by atoms with Crippen molar-refractivity contribution in [1.82, 2.24) is 5.32 Å². The molecule has 0 heterocycles. The zero-order chi connectivity index (χ0) is 22.3. The third-order valence-corrected chi connectivity index (χ3v) is 6.65. The molecule has 0 aliphatic heterocycles. The molecule has 31 heavy (non-hydrogen) atoms. The van der Waals surface area contributed by atoms with E-state index in [-0.39, 0.29) is 17.4 Å². The van der Waals surface area contributed by atoms with Crippen LogP contribution in [0.4, 0.5) is 5.69 Å². The van der Waals surface area contributed by atoms with Gasteiger partial charge in [0.05, 0.1) is 4.90 Å². The molecule has 2 N–H and O–H groups in total. The van der Waals surface area contributed by atoms with Crippen molar-refractivity contribution in [2.24, 2.45) is 0 Å². The van der Waals surface area contributed by atoms with Gasteiger partial charge in [-0.15, -0.1) is 0 Å². The lowest BCUT2D eigenvalue weighted by Crippen LogP contribution is -2.30. The third kappa shape index (κ3) is 6.85. The number of hydrogen-bond acceptors (Lipinski definition) is 4. The molecule has 2 aromatic rings. The molecular weight excluding hydrogens is 412 g/mol. The first-order valence-electron chi connectivity index (χ1n) is 10.6. The quantitative estimate of drug-likeness (QED) is 0.561. The molecule has 0 atom stereocenters. The Balaban J connectivity index is 1.52. The second kappa shape index (κ2) is 10.5. The number of aryl methyl sites for hydroxylation is 2. The van der Waals surface area contributed by atoms with Crippen molar-refractivity contribution in [3.8, 4) is 5.75 Å². The number of carbonyl (C=O) groups excluding carboxylic acids is 1. The smallest absolute Gasteiger partial charge is 0.261 e. The molecule has 0 unspecified atom stereocenters. The van der Waals surface area contributed by atoms with Crippen LogP contribution in [-0.4, -0.2) is 27.5 Å². The first kappa shape index (κ1) is 22.9. The summed E-state index contributed by atoms with van der Waals surface area (Å²) < 4.78 is 33.5. The van der Waals surface area contributed by atoms with Crippen LogP contribution in [0.3, 0.4) is 0 Å². The van der Waals surface area contributed by atoms with E-state index in [1.165, 1.54) is 24.5 Å². The molecule has 7 heteroatoms. The predicted molar refractivity (Wildman–Crippen MR) is 123 cm³/mol. The summed E-state index contributed by atoms with van der Waals surface area (Å²) >= 11 is 0. The maximum Gasteiger partial charge on any atom is 0.261 e. The standard InChI is InChI=1S/C24H30N2O4S/c1-18-8-10-21(11-9-18)26-31(28,29)22-12-13-23(19(2)16-22)30-17-24(27)25-15-14-20-6-4-3-5-7-20/h6,8-13,16,26H,3-5,7,14-15,17H2,1-2H3,(H,25,27). The van der Waals surface area contributed by atoms with Gasteiger partial charge in [0.2, 0.25) is 0 Å². The highest BCUT2D eigenvalue weighted by Crippen LogP contribution is 2.24. The van der Waals surface area contributed by atoms with Crippen LogP contribution in [0.1, 0.15) is 43.2 Å². The molecule has 0 saturated heterocycles. The molecule has 0 bridgehead atoms. The number of nitrogens with one attached hydrogen (secondary N) is 2. The van der Waals surface area contributed by atoms with E-state index in [4.69, 9.17) is 4.74 Å². The van der Waals surface area contributed by atoms with E-state index in [2.05, 4.69) is 16.1 Å². The summed E-state index contributed by atoms with van der Waals surface area (Å²) in [6.45, 7) is 4.20. The largest absolute Gasteiger partial charge is 0.484 e. The second-order valence-corrected chi connectivity index (χ2v) is 9.58. The molecule has 3 rings (SSSR count). The second-order valence-electron chi connectivity index (χ2n) is 7.90. The van der Waals surface area contributed by atoms with Gasteiger partial charge in [-0.2, -0.15) is 0 Å². The summed E-state index contributed by atoms with van der Waals surface area (Å²) in [7, 11) is -3.71. The number of hydrogen-bond donors (Lipinski definition) is 2. The predicted octanol–water partition coefficient (Wildman–Crippen LogP) is 4.49. The minimum absolute atomic E-state index is 0.104. The zero-order valence-corrected chi connectivity index (χ0v) is 18.9. The topological polar surface area (TPSA) is 84.5 Å². The van der Waals surface area contributed by atoms with E-state index in [1.54, 1.807) is 31.2 Å². The number of allylic oxidation sites excluding steroid dienone is 1. The van der Waals surface area contributed by atoms with Gasteiger partial charge in [-0.05, 0) is 81.8 Å².